The van der Waals surface area contributed by atoms with E-state index in [1.54, 1.807) is 17.5 Å². The summed E-state index contributed by atoms with van der Waals surface area (Å²) in [5, 5.41) is 7.28. The number of aldehydes is 1. The van der Waals surface area contributed by atoms with Crippen molar-refractivity contribution in [2.45, 2.75) is 6.92 Å². The van der Waals surface area contributed by atoms with Gasteiger partial charge in [-0.2, -0.15) is 0 Å². The number of thiazole rings is 1. The van der Waals surface area contributed by atoms with Gasteiger partial charge in [-0.25, -0.2) is 15.0 Å². The van der Waals surface area contributed by atoms with Gasteiger partial charge < -0.3 is 20.3 Å². The molecule has 0 unspecified atom stereocenters. The van der Waals surface area contributed by atoms with Gasteiger partial charge in [-0.15, -0.1) is 0 Å². The topological polar surface area (TPSA) is 86.3 Å². The zero-order valence-corrected chi connectivity index (χ0v) is 17.9. The van der Waals surface area contributed by atoms with E-state index >= 15 is 0 Å². The number of carbonyl (C=O) groups excluding carboxylic acids is 1. The van der Waals surface area contributed by atoms with Crippen molar-refractivity contribution in [2.75, 3.05) is 55.3 Å². The van der Waals surface area contributed by atoms with E-state index in [2.05, 4.69) is 47.5 Å². The van der Waals surface area contributed by atoms with Crippen molar-refractivity contribution in [1.82, 2.24) is 19.9 Å². The van der Waals surface area contributed by atoms with Gasteiger partial charge in [0, 0.05) is 50.8 Å². The Balaban J connectivity index is 1.48. The predicted octanol–water partition coefficient (Wildman–Crippen LogP) is 3.01. The maximum atomic E-state index is 10.7. The van der Waals surface area contributed by atoms with E-state index in [0.29, 0.717) is 12.5 Å². The Morgan fingerprint density at radius 3 is 2.73 bits per heavy atom. The van der Waals surface area contributed by atoms with Gasteiger partial charge in [0.1, 0.15) is 6.29 Å². The number of hydrogen-bond acceptors (Lipinski definition) is 9. The van der Waals surface area contributed by atoms with Crippen LogP contribution < -0.4 is 15.5 Å². The van der Waals surface area contributed by atoms with Gasteiger partial charge in [0.05, 0.1) is 22.8 Å². The number of carbonyl (C=O) groups is 1. The molecule has 156 valence electrons. The molecule has 1 aromatic carbocycles. The van der Waals surface area contributed by atoms with Gasteiger partial charge in [-0.1, -0.05) is 17.4 Å². The van der Waals surface area contributed by atoms with Crippen LogP contribution in [0.15, 0.2) is 36.5 Å². The molecule has 1 aliphatic rings. The summed E-state index contributed by atoms with van der Waals surface area (Å²) in [7, 11) is 1.87. The smallest absolute Gasteiger partial charge is 0.227 e. The molecule has 9 heteroatoms. The minimum absolute atomic E-state index is 0.512. The number of aromatic nitrogens is 3. The Morgan fingerprint density at radius 1 is 1.17 bits per heavy atom. The third-order valence-corrected chi connectivity index (χ3v) is 6.27. The number of hydrogen-bond donors (Lipinski definition) is 2. The number of anilines is 4. The molecule has 0 aliphatic carbocycles. The maximum Gasteiger partial charge on any atom is 0.227 e. The van der Waals surface area contributed by atoms with E-state index in [4.69, 9.17) is 0 Å². The van der Waals surface area contributed by atoms with E-state index in [1.807, 2.05) is 32.2 Å². The van der Waals surface area contributed by atoms with Gasteiger partial charge in [0.25, 0.3) is 0 Å². The van der Waals surface area contributed by atoms with Gasteiger partial charge in [-0.3, -0.25) is 4.90 Å². The average molecular weight is 424 g/mol. The van der Waals surface area contributed by atoms with E-state index in [0.717, 1.165) is 65.2 Å². The highest BCUT2D eigenvalue weighted by Gasteiger charge is 2.17. The Hall–Kier alpha value is -3.04. The predicted molar refractivity (Wildman–Crippen MR) is 122 cm³/mol. The highest BCUT2D eigenvalue weighted by atomic mass is 32.1. The number of nitrogens with zero attached hydrogens (tertiary/aromatic N) is 5. The second-order valence-electron chi connectivity index (χ2n) is 7.08. The fourth-order valence-electron chi connectivity index (χ4n) is 3.49. The van der Waals surface area contributed by atoms with Crippen LogP contribution >= 0.6 is 11.3 Å². The van der Waals surface area contributed by atoms with Crippen LogP contribution in [0.25, 0.3) is 10.6 Å². The van der Waals surface area contributed by atoms with Crippen molar-refractivity contribution in [3.63, 3.8) is 0 Å². The van der Waals surface area contributed by atoms with Gasteiger partial charge in [0.2, 0.25) is 5.95 Å². The molecule has 0 radical (unpaired) electrons. The zero-order valence-electron chi connectivity index (χ0n) is 17.1. The Morgan fingerprint density at radius 2 is 2.00 bits per heavy atom. The summed E-state index contributed by atoms with van der Waals surface area (Å²) in [6.45, 7) is 6.09. The van der Waals surface area contributed by atoms with Crippen LogP contribution in [0, 0.1) is 6.92 Å². The first-order valence-corrected chi connectivity index (χ1v) is 10.7. The summed E-state index contributed by atoms with van der Waals surface area (Å²) < 4.78 is 0. The standard InChI is InChI=1S/C21H25N7OS/c1-15-19(30-21(22-2)24-15)18-6-7-23-20(26-18)25-16-4-3-5-17(14-16)28-10-8-27(9-11-28)12-13-29/h3-7,13-14H,8-12H2,1-2H3,(H,22,24)(H,23,25,26). The molecule has 0 bridgehead atoms. The molecule has 4 rings (SSSR count). The SMILES string of the molecule is CNc1nc(C)c(-c2ccnc(Nc3cccc(N4CCN(CC=O)CC4)c3)n2)s1. The number of rotatable bonds is 7. The molecule has 30 heavy (non-hydrogen) atoms. The average Bonchev–Trinajstić information content (AvgIpc) is 3.16. The fourth-order valence-corrected chi connectivity index (χ4v) is 4.38. The minimum Gasteiger partial charge on any atom is -0.369 e. The third-order valence-electron chi connectivity index (χ3n) is 5.07. The molecule has 2 N–H and O–H groups in total. The van der Waals surface area contributed by atoms with Crippen LogP contribution in [-0.2, 0) is 4.79 Å². The first-order chi connectivity index (χ1) is 14.7. The normalized spacial score (nSPS) is 14.5. The van der Waals surface area contributed by atoms with Crippen molar-refractivity contribution in [1.29, 1.82) is 0 Å². The van der Waals surface area contributed by atoms with E-state index in [1.165, 1.54) is 0 Å². The van der Waals surface area contributed by atoms with Crippen LogP contribution in [0.1, 0.15) is 5.69 Å². The molecular formula is C21H25N7OS. The van der Waals surface area contributed by atoms with Crippen LogP contribution in [0.3, 0.4) is 0 Å². The molecule has 3 heterocycles. The van der Waals surface area contributed by atoms with Gasteiger partial charge >= 0.3 is 0 Å². The second kappa shape index (κ2) is 9.19. The largest absolute Gasteiger partial charge is 0.369 e. The Kier molecular flexibility index (Phi) is 6.20. The molecule has 1 fully saturated rings. The highest BCUT2D eigenvalue weighted by Crippen LogP contribution is 2.32. The molecule has 8 nitrogen and oxygen atoms in total. The van der Waals surface area contributed by atoms with E-state index in [9.17, 15) is 4.79 Å². The number of nitrogens with one attached hydrogen (secondary N) is 2. The van der Waals surface area contributed by atoms with Crippen LogP contribution in [0.4, 0.5) is 22.5 Å². The molecule has 0 atom stereocenters. The maximum absolute atomic E-state index is 10.7. The first-order valence-electron chi connectivity index (χ1n) is 9.93. The monoisotopic (exact) mass is 423 g/mol. The lowest BCUT2D eigenvalue weighted by Crippen LogP contribution is -2.46. The van der Waals surface area contributed by atoms with Crippen molar-refractivity contribution in [3.8, 4) is 10.6 Å². The minimum atomic E-state index is 0.512. The Labute approximate surface area is 180 Å². The van der Waals surface area contributed by atoms with Crippen LogP contribution in [0.2, 0.25) is 0 Å². The lowest BCUT2D eigenvalue weighted by atomic mass is 10.2. The molecule has 1 saturated heterocycles. The molecule has 1 aliphatic heterocycles. The quantitative estimate of drug-likeness (QED) is 0.561. The summed E-state index contributed by atoms with van der Waals surface area (Å²) in [4.78, 5) is 29.8. The number of aryl methyl sites for hydroxylation is 1. The van der Waals surface area contributed by atoms with Crippen molar-refractivity contribution in [3.05, 3.63) is 42.2 Å². The van der Waals surface area contributed by atoms with Crippen molar-refractivity contribution < 1.29 is 4.79 Å². The summed E-state index contributed by atoms with van der Waals surface area (Å²) >= 11 is 1.58. The first kappa shape index (κ1) is 20.2. The van der Waals surface area contributed by atoms with Gasteiger partial charge in [-0.05, 0) is 31.2 Å². The Bertz CT molecular complexity index is 1010. The van der Waals surface area contributed by atoms with E-state index in [-0.39, 0.29) is 0 Å². The lowest BCUT2D eigenvalue weighted by Gasteiger charge is -2.35. The molecule has 0 saturated carbocycles. The van der Waals surface area contributed by atoms with Crippen LogP contribution in [0.5, 0.6) is 0 Å². The summed E-state index contributed by atoms with van der Waals surface area (Å²) in [5.41, 5.74) is 3.90. The fraction of sp³-hybridized carbons (Fsp3) is 0.333. The third kappa shape index (κ3) is 4.58. The summed E-state index contributed by atoms with van der Waals surface area (Å²) in [5.74, 6) is 0.555. The molecule has 3 aromatic rings. The summed E-state index contributed by atoms with van der Waals surface area (Å²) in [6, 6.07) is 10.2. The molecule has 0 amide bonds. The lowest BCUT2D eigenvalue weighted by molar-refractivity contribution is -0.108. The van der Waals surface area contributed by atoms with Crippen molar-refractivity contribution >= 4 is 40.1 Å². The van der Waals surface area contributed by atoms with Gasteiger partial charge in [0.15, 0.2) is 5.13 Å². The van der Waals surface area contributed by atoms with E-state index < -0.39 is 0 Å². The number of piperazine rings is 1. The van der Waals surface area contributed by atoms with Crippen LogP contribution in [-0.4, -0.2) is 65.9 Å². The number of benzene rings is 1. The second-order valence-corrected chi connectivity index (χ2v) is 8.08. The summed E-state index contributed by atoms with van der Waals surface area (Å²) in [6.07, 6.45) is 2.74. The highest BCUT2D eigenvalue weighted by molar-refractivity contribution is 7.19. The zero-order chi connectivity index (χ0) is 20.9. The van der Waals surface area contributed by atoms with Crippen molar-refractivity contribution in [2.24, 2.45) is 0 Å². The molecule has 2 aromatic heterocycles. The molecule has 0 spiro atoms. The molecular weight excluding hydrogens is 398 g/mol.